The lowest BCUT2D eigenvalue weighted by molar-refractivity contribution is 0.332. The maximum atomic E-state index is 12.0. The van der Waals surface area contributed by atoms with E-state index in [1.54, 1.807) is 12.4 Å². The Labute approximate surface area is 160 Å². The Hall–Kier alpha value is -1.99. The largest absolute Gasteiger partial charge is 0.341 e. The summed E-state index contributed by atoms with van der Waals surface area (Å²) in [7, 11) is -3.00. The van der Waals surface area contributed by atoms with Crippen LogP contribution in [-0.4, -0.2) is 41.0 Å². The van der Waals surface area contributed by atoms with E-state index in [9.17, 15) is 8.42 Å². The predicted molar refractivity (Wildman–Crippen MR) is 109 cm³/mol. The summed E-state index contributed by atoms with van der Waals surface area (Å²) in [6.45, 7) is 4.59. The van der Waals surface area contributed by atoms with Crippen LogP contribution in [0, 0.1) is 13.8 Å². The molecular weight excluding hydrogens is 366 g/mol. The zero-order valence-electron chi connectivity index (χ0n) is 15.0. The van der Waals surface area contributed by atoms with Crippen molar-refractivity contribution in [2.75, 3.05) is 16.8 Å². The number of hydrogen-bond acceptors (Lipinski definition) is 4. The monoisotopic (exact) mass is 389 g/mol. The third-order valence-corrected chi connectivity index (χ3v) is 6.71. The van der Waals surface area contributed by atoms with Crippen LogP contribution >= 0.6 is 12.2 Å². The van der Waals surface area contributed by atoms with Gasteiger partial charge in [-0.1, -0.05) is 18.2 Å². The fraction of sp³-hybridized carbons (Fsp3) is 0.368. The normalized spacial score (nSPS) is 18.5. The number of thiocarbonyl (C=S) groups is 1. The highest BCUT2D eigenvalue weighted by Gasteiger charge is 2.33. The van der Waals surface area contributed by atoms with Gasteiger partial charge in [-0.2, -0.15) is 0 Å². The number of aromatic nitrogens is 1. The van der Waals surface area contributed by atoms with Crippen molar-refractivity contribution in [3.8, 4) is 0 Å². The number of anilines is 1. The van der Waals surface area contributed by atoms with E-state index in [0.717, 1.165) is 22.4 Å². The second-order valence-electron chi connectivity index (χ2n) is 6.79. The minimum Gasteiger partial charge on any atom is -0.341 e. The van der Waals surface area contributed by atoms with Gasteiger partial charge in [0, 0.05) is 30.7 Å². The van der Waals surface area contributed by atoms with Crippen molar-refractivity contribution in [1.82, 2.24) is 9.88 Å². The van der Waals surface area contributed by atoms with E-state index in [4.69, 9.17) is 12.2 Å². The van der Waals surface area contributed by atoms with Gasteiger partial charge in [0.05, 0.1) is 11.5 Å². The standard InChI is InChI=1S/C19H23N3O2S2/c1-14-5-6-15(2)18(10-14)21-19(25)22(12-16-4-3-8-20-11-16)17-7-9-26(23,24)13-17/h3-6,8,10-11,17H,7,9,12-13H2,1-2H3,(H,21,25)/t17-/m0/s1. The third-order valence-electron chi connectivity index (χ3n) is 4.62. The molecule has 1 fully saturated rings. The number of hydrogen-bond donors (Lipinski definition) is 1. The molecule has 0 spiro atoms. The van der Waals surface area contributed by atoms with Crippen LogP contribution in [0.2, 0.25) is 0 Å². The molecule has 5 nitrogen and oxygen atoms in total. The van der Waals surface area contributed by atoms with Crippen LogP contribution in [0.3, 0.4) is 0 Å². The van der Waals surface area contributed by atoms with E-state index in [-0.39, 0.29) is 17.5 Å². The van der Waals surface area contributed by atoms with Crippen LogP contribution in [0.25, 0.3) is 0 Å². The summed E-state index contributed by atoms with van der Waals surface area (Å²) in [6, 6.07) is 9.89. The van der Waals surface area contributed by atoms with Crippen LogP contribution in [-0.2, 0) is 16.4 Å². The summed E-state index contributed by atoms with van der Waals surface area (Å²) in [5, 5.41) is 3.86. The van der Waals surface area contributed by atoms with Crippen molar-refractivity contribution in [3.05, 3.63) is 59.4 Å². The summed E-state index contributed by atoms with van der Waals surface area (Å²) in [5.41, 5.74) is 4.19. The van der Waals surface area contributed by atoms with Crippen molar-refractivity contribution in [2.45, 2.75) is 32.9 Å². The first kappa shape index (κ1) is 18.8. The lowest BCUT2D eigenvalue weighted by Crippen LogP contribution is -2.43. The van der Waals surface area contributed by atoms with Crippen LogP contribution in [0.15, 0.2) is 42.7 Å². The molecule has 1 aromatic heterocycles. The smallest absolute Gasteiger partial charge is 0.174 e. The molecule has 0 unspecified atom stereocenters. The number of aryl methyl sites for hydroxylation is 2. The molecule has 2 aromatic rings. The SMILES string of the molecule is Cc1ccc(C)c(NC(=S)N(Cc2cccnc2)[C@H]2CCS(=O)(=O)C2)c1. The molecule has 0 amide bonds. The molecule has 1 N–H and O–H groups in total. The molecule has 1 aliphatic rings. The highest BCUT2D eigenvalue weighted by molar-refractivity contribution is 7.91. The first-order valence-electron chi connectivity index (χ1n) is 8.58. The van der Waals surface area contributed by atoms with Crippen LogP contribution in [0.1, 0.15) is 23.1 Å². The quantitative estimate of drug-likeness (QED) is 0.811. The number of nitrogens with zero attached hydrogens (tertiary/aromatic N) is 2. The summed E-state index contributed by atoms with van der Waals surface area (Å²) in [4.78, 5) is 6.14. The van der Waals surface area contributed by atoms with E-state index < -0.39 is 9.84 Å². The van der Waals surface area contributed by atoms with Gasteiger partial charge < -0.3 is 10.2 Å². The fourth-order valence-electron chi connectivity index (χ4n) is 3.13. The number of rotatable bonds is 4. The number of nitrogens with one attached hydrogen (secondary N) is 1. The second kappa shape index (κ2) is 7.72. The van der Waals surface area contributed by atoms with E-state index >= 15 is 0 Å². The maximum Gasteiger partial charge on any atom is 0.174 e. The molecule has 0 radical (unpaired) electrons. The lowest BCUT2D eigenvalue weighted by atomic mass is 10.1. The molecule has 2 heterocycles. The molecule has 0 aliphatic carbocycles. The van der Waals surface area contributed by atoms with E-state index in [1.165, 1.54) is 0 Å². The van der Waals surface area contributed by atoms with Gasteiger partial charge in [-0.3, -0.25) is 4.98 Å². The molecule has 1 aliphatic heterocycles. The molecule has 26 heavy (non-hydrogen) atoms. The Morgan fingerprint density at radius 1 is 1.35 bits per heavy atom. The van der Waals surface area contributed by atoms with Gasteiger partial charge in [-0.25, -0.2) is 8.42 Å². The zero-order chi connectivity index (χ0) is 18.7. The second-order valence-corrected chi connectivity index (χ2v) is 9.41. The Balaban J connectivity index is 1.84. The highest BCUT2D eigenvalue weighted by atomic mass is 32.2. The molecule has 0 bridgehead atoms. The summed E-state index contributed by atoms with van der Waals surface area (Å²) < 4.78 is 23.9. The van der Waals surface area contributed by atoms with E-state index in [1.807, 2.05) is 36.9 Å². The molecule has 1 atom stereocenters. The maximum absolute atomic E-state index is 12.0. The minimum absolute atomic E-state index is 0.120. The van der Waals surface area contributed by atoms with Crippen molar-refractivity contribution >= 4 is 32.9 Å². The lowest BCUT2D eigenvalue weighted by Gasteiger charge is -2.31. The van der Waals surface area contributed by atoms with Gasteiger partial charge in [-0.15, -0.1) is 0 Å². The Kier molecular flexibility index (Phi) is 5.58. The van der Waals surface area contributed by atoms with Gasteiger partial charge >= 0.3 is 0 Å². The first-order chi connectivity index (χ1) is 12.3. The van der Waals surface area contributed by atoms with Crippen molar-refractivity contribution in [1.29, 1.82) is 0 Å². The van der Waals surface area contributed by atoms with Crippen LogP contribution < -0.4 is 5.32 Å². The topological polar surface area (TPSA) is 62.3 Å². The van der Waals surface area contributed by atoms with E-state index in [2.05, 4.69) is 22.4 Å². The van der Waals surface area contributed by atoms with Crippen molar-refractivity contribution in [3.63, 3.8) is 0 Å². The van der Waals surface area contributed by atoms with Crippen molar-refractivity contribution < 1.29 is 8.42 Å². The Morgan fingerprint density at radius 3 is 2.81 bits per heavy atom. The van der Waals surface area contributed by atoms with Gasteiger partial charge in [-0.05, 0) is 61.3 Å². The third kappa shape index (κ3) is 4.59. The number of pyridine rings is 1. The molecular formula is C19H23N3O2S2. The van der Waals surface area contributed by atoms with Gasteiger partial charge in [0.25, 0.3) is 0 Å². The van der Waals surface area contributed by atoms with Crippen LogP contribution in [0.5, 0.6) is 0 Å². The average molecular weight is 390 g/mol. The predicted octanol–water partition coefficient (Wildman–Crippen LogP) is 3.08. The zero-order valence-corrected chi connectivity index (χ0v) is 16.6. The average Bonchev–Trinajstić information content (AvgIpc) is 2.96. The fourth-order valence-corrected chi connectivity index (χ4v) is 5.19. The Morgan fingerprint density at radius 2 is 2.15 bits per heavy atom. The molecule has 1 saturated heterocycles. The highest BCUT2D eigenvalue weighted by Crippen LogP contribution is 2.23. The Bertz CT molecular complexity index is 898. The van der Waals surface area contributed by atoms with Gasteiger partial charge in [0.1, 0.15) is 0 Å². The molecule has 1 aromatic carbocycles. The molecule has 3 rings (SSSR count). The minimum atomic E-state index is -3.00. The van der Waals surface area contributed by atoms with Gasteiger partial charge in [0.2, 0.25) is 0 Å². The summed E-state index contributed by atoms with van der Waals surface area (Å²) in [5.74, 6) is 0.356. The van der Waals surface area contributed by atoms with E-state index in [0.29, 0.717) is 18.1 Å². The number of sulfone groups is 1. The first-order valence-corrected chi connectivity index (χ1v) is 10.8. The number of benzene rings is 1. The van der Waals surface area contributed by atoms with Crippen LogP contribution in [0.4, 0.5) is 5.69 Å². The van der Waals surface area contributed by atoms with Gasteiger partial charge in [0.15, 0.2) is 14.9 Å². The summed E-state index contributed by atoms with van der Waals surface area (Å²) in [6.07, 6.45) is 4.11. The summed E-state index contributed by atoms with van der Waals surface area (Å²) >= 11 is 5.67. The molecule has 7 heteroatoms. The molecule has 0 saturated carbocycles. The van der Waals surface area contributed by atoms with Crippen molar-refractivity contribution in [2.24, 2.45) is 0 Å². The molecule has 138 valence electrons.